The number of nitrogens with zero attached hydrogens (tertiary/aromatic N) is 3. The first-order chi connectivity index (χ1) is 17.0. The Kier molecular flexibility index (Phi) is 6.10. The van der Waals surface area contributed by atoms with Crippen molar-refractivity contribution in [2.75, 3.05) is 13.2 Å². The van der Waals surface area contributed by atoms with Crippen molar-refractivity contribution in [3.8, 4) is 10.4 Å². The molecular weight excluding hydrogens is 488 g/mol. The predicted molar refractivity (Wildman–Crippen MR) is 130 cm³/mol. The van der Waals surface area contributed by atoms with Crippen LogP contribution in [0.2, 0.25) is 0 Å². The van der Waals surface area contributed by atoms with Gasteiger partial charge in [-0.25, -0.2) is 4.98 Å². The average Bonchev–Trinajstić information content (AvgIpc) is 3.25. The summed E-state index contributed by atoms with van der Waals surface area (Å²) in [4.78, 5) is 50.6. The van der Waals surface area contributed by atoms with Crippen LogP contribution in [0.25, 0.3) is 10.4 Å². The summed E-state index contributed by atoms with van der Waals surface area (Å²) in [7, 11) is 0. The molecule has 2 aromatic rings. The van der Waals surface area contributed by atoms with Crippen molar-refractivity contribution < 1.29 is 19.1 Å². The number of hydrogen-bond acceptors (Lipinski definition) is 7. The molecule has 2 aromatic heterocycles. The Hall–Kier alpha value is -2.36. The number of hydrogen-bond donors (Lipinski definition) is 1. The van der Waals surface area contributed by atoms with E-state index in [2.05, 4.69) is 21.4 Å². The lowest BCUT2D eigenvalue weighted by Crippen LogP contribution is -2.54. The highest BCUT2D eigenvalue weighted by Gasteiger charge is 2.53. The number of alkyl halides is 1. The second-order valence-electron chi connectivity index (χ2n) is 9.96. The Balaban J connectivity index is 1.21. The average molecular weight is 515 g/mol. The Labute approximate surface area is 212 Å². The Morgan fingerprint density at radius 2 is 2.00 bits per heavy atom. The van der Waals surface area contributed by atoms with Crippen molar-refractivity contribution in [1.82, 2.24) is 20.2 Å². The number of ether oxygens (including phenoxy) is 1. The number of fused-ring (bicyclic) bond motifs is 1. The number of likely N-dealkylation sites (tertiary alicyclic amines) is 1. The van der Waals surface area contributed by atoms with E-state index in [9.17, 15) is 14.4 Å². The highest BCUT2D eigenvalue weighted by atomic mass is 35.5. The number of rotatable bonds is 6. The van der Waals surface area contributed by atoms with E-state index in [1.165, 1.54) is 29.1 Å². The summed E-state index contributed by atoms with van der Waals surface area (Å²) >= 11 is 7.72. The molecule has 8 nitrogen and oxygen atoms in total. The first-order valence-electron chi connectivity index (χ1n) is 12.3. The molecule has 2 amide bonds. The maximum Gasteiger partial charge on any atom is 0.280 e. The van der Waals surface area contributed by atoms with Crippen LogP contribution in [0.15, 0.2) is 24.5 Å². The number of thiazole rings is 1. The molecule has 0 bridgehead atoms. The Morgan fingerprint density at radius 3 is 2.77 bits per heavy atom. The number of pyridine rings is 1. The van der Waals surface area contributed by atoms with Crippen LogP contribution in [0.4, 0.5) is 0 Å². The van der Waals surface area contributed by atoms with Gasteiger partial charge in [0.05, 0.1) is 10.3 Å². The first-order valence-corrected chi connectivity index (χ1v) is 13.6. The van der Waals surface area contributed by atoms with E-state index in [-0.39, 0.29) is 36.7 Å². The third-order valence-corrected chi connectivity index (χ3v) is 9.02. The SMILES string of the molecule is O=C(N[C@H](C(=O)N1C[C@H](Cl)[C@H]2OCC(=O)[C@H]21)C1CCCC1)c1ncc(-c2ccnc(C3CC3)c2)s1. The molecule has 6 rings (SSSR count). The molecule has 4 atom stereocenters. The van der Waals surface area contributed by atoms with Gasteiger partial charge in [0.2, 0.25) is 5.91 Å². The van der Waals surface area contributed by atoms with Gasteiger partial charge in [0.1, 0.15) is 24.8 Å². The molecule has 2 saturated heterocycles. The van der Waals surface area contributed by atoms with Crippen LogP contribution < -0.4 is 5.32 Å². The highest BCUT2D eigenvalue weighted by Crippen LogP contribution is 2.40. The molecule has 0 unspecified atom stereocenters. The van der Waals surface area contributed by atoms with Gasteiger partial charge in [-0.3, -0.25) is 19.4 Å². The van der Waals surface area contributed by atoms with Gasteiger partial charge in [-0.15, -0.1) is 22.9 Å². The van der Waals surface area contributed by atoms with Crippen LogP contribution in [0.5, 0.6) is 0 Å². The van der Waals surface area contributed by atoms with Crippen molar-refractivity contribution in [2.24, 2.45) is 5.92 Å². The smallest absolute Gasteiger partial charge is 0.280 e. The molecule has 2 aliphatic carbocycles. The van der Waals surface area contributed by atoms with Crippen molar-refractivity contribution in [1.29, 1.82) is 0 Å². The zero-order valence-corrected chi connectivity index (χ0v) is 20.8. The molecule has 184 valence electrons. The molecule has 4 aliphatic rings. The minimum absolute atomic E-state index is 0.0254. The number of ketones is 1. The van der Waals surface area contributed by atoms with Crippen LogP contribution in [0, 0.1) is 5.92 Å². The second kappa shape index (κ2) is 9.26. The van der Waals surface area contributed by atoms with E-state index < -0.39 is 23.6 Å². The van der Waals surface area contributed by atoms with Gasteiger partial charge in [0, 0.05) is 30.6 Å². The topological polar surface area (TPSA) is 101 Å². The van der Waals surface area contributed by atoms with Crippen molar-refractivity contribution >= 4 is 40.5 Å². The maximum atomic E-state index is 13.7. The molecule has 0 aromatic carbocycles. The van der Waals surface area contributed by atoms with E-state index in [1.54, 1.807) is 12.4 Å². The molecule has 1 N–H and O–H groups in total. The van der Waals surface area contributed by atoms with Gasteiger partial charge >= 0.3 is 0 Å². The predicted octanol–water partition coefficient (Wildman–Crippen LogP) is 3.16. The molecule has 0 spiro atoms. The van der Waals surface area contributed by atoms with Gasteiger partial charge in [0.25, 0.3) is 5.91 Å². The number of carbonyl (C=O) groups excluding carboxylic acids is 3. The number of carbonyl (C=O) groups is 3. The number of nitrogens with one attached hydrogen (secondary N) is 1. The molecular formula is C25H27ClN4O4S. The zero-order valence-electron chi connectivity index (χ0n) is 19.2. The van der Waals surface area contributed by atoms with Crippen molar-refractivity contribution in [3.63, 3.8) is 0 Å². The monoisotopic (exact) mass is 514 g/mol. The lowest BCUT2D eigenvalue weighted by atomic mass is 9.96. The molecule has 4 heterocycles. The second-order valence-corrected chi connectivity index (χ2v) is 11.6. The Bertz CT molecular complexity index is 1160. The summed E-state index contributed by atoms with van der Waals surface area (Å²) in [6.45, 7) is 0.218. The number of halogens is 1. The normalized spacial score (nSPS) is 27.3. The summed E-state index contributed by atoms with van der Waals surface area (Å²) in [6.07, 6.45) is 9.13. The standard InChI is InChI=1S/C25H27ClN4O4S/c26-16-11-30(21-18(31)12-34-22(16)21)25(33)20(14-3-1-2-4-14)29-23(32)24-28-10-19(35-24)15-7-8-27-17(9-15)13-5-6-13/h7-10,13-14,16,20-22H,1-6,11-12H2,(H,29,32)/t16-,20-,21+,22+/m0/s1. The summed E-state index contributed by atoms with van der Waals surface area (Å²) < 4.78 is 5.53. The zero-order chi connectivity index (χ0) is 24.1. The number of Topliss-reactive ketones (excluding diaryl/α,β-unsaturated/α-hetero) is 1. The van der Waals surface area contributed by atoms with Gasteiger partial charge in [-0.2, -0.15) is 0 Å². The van der Waals surface area contributed by atoms with E-state index in [1.807, 2.05) is 6.07 Å². The fourth-order valence-corrected chi connectivity index (χ4v) is 6.77. The first kappa shape index (κ1) is 23.1. The van der Waals surface area contributed by atoms with Crippen LogP contribution >= 0.6 is 22.9 Å². The summed E-state index contributed by atoms with van der Waals surface area (Å²) in [5.41, 5.74) is 2.08. The van der Waals surface area contributed by atoms with E-state index in [4.69, 9.17) is 16.3 Å². The minimum atomic E-state index is -0.712. The third-order valence-electron chi connectivity index (χ3n) is 7.59. The van der Waals surface area contributed by atoms with Crippen LogP contribution in [-0.4, -0.2) is 69.2 Å². The molecule has 2 aliphatic heterocycles. The lowest BCUT2D eigenvalue weighted by molar-refractivity contribution is -0.139. The highest BCUT2D eigenvalue weighted by molar-refractivity contribution is 7.17. The summed E-state index contributed by atoms with van der Waals surface area (Å²) in [5.74, 6) is -0.177. The molecule has 4 fully saturated rings. The molecule has 35 heavy (non-hydrogen) atoms. The van der Waals surface area contributed by atoms with Gasteiger partial charge in [-0.1, -0.05) is 12.8 Å². The van der Waals surface area contributed by atoms with Crippen LogP contribution in [0.3, 0.4) is 0 Å². The van der Waals surface area contributed by atoms with E-state index in [0.29, 0.717) is 10.9 Å². The summed E-state index contributed by atoms with van der Waals surface area (Å²) in [5, 5.41) is 2.86. The quantitative estimate of drug-likeness (QED) is 0.594. The lowest BCUT2D eigenvalue weighted by Gasteiger charge is -2.30. The number of amides is 2. The van der Waals surface area contributed by atoms with Gasteiger partial charge < -0.3 is 15.0 Å². The summed E-state index contributed by atoms with van der Waals surface area (Å²) in [6, 6.07) is 2.63. The molecule has 2 saturated carbocycles. The van der Waals surface area contributed by atoms with Crippen molar-refractivity contribution in [2.45, 2.75) is 68.0 Å². The third kappa shape index (κ3) is 4.38. The Morgan fingerprint density at radius 1 is 1.20 bits per heavy atom. The fraction of sp³-hybridized carbons (Fsp3) is 0.560. The minimum Gasteiger partial charge on any atom is -0.366 e. The number of aromatic nitrogens is 2. The maximum absolute atomic E-state index is 13.7. The largest absolute Gasteiger partial charge is 0.366 e. The van der Waals surface area contributed by atoms with Crippen LogP contribution in [0.1, 0.15) is 59.9 Å². The van der Waals surface area contributed by atoms with Crippen molar-refractivity contribution in [3.05, 3.63) is 35.2 Å². The van der Waals surface area contributed by atoms with Gasteiger partial charge in [0.15, 0.2) is 10.8 Å². The van der Waals surface area contributed by atoms with Gasteiger partial charge in [-0.05, 0) is 49.3 Å². The molecule has 0 radical (unpaired) electrons. The van der Waals surface area contributed by atoms with E-state index in [0.717, 1.165) is 41.8 Å². The van der Waals surface area contributed by atoms with E-state index >= 15 is 0 Å². The van der Waals surface area contributed by atoms with Crippen LogP contribution in [-0.2, 0) is 14.3 Å². The molecule has 10 heteroatoms. The fourth-order valence-electron chi connectivity index (χ4n) is 5.59.